The van der Waals surface area contributed by atoms with Gasteiger partial charge < -0.3 is 15.5 Å². The number of nitrogens with zero attached hydrogens (tertiary/aromatic N) is 1. The maximum absolute atomic E-state index is 14.2. The molecule has 0 fully saturated rings. The van der Waals surface area contributed by atoms with Gasteiger partial charge in [-0.25, -0.2) is 4.39 Å². The minimum atomic E-state index is -0.526. The van der Waals surface area contributed by atoms with E-state index in [1.807, 2.05) is 54.6 Å². The third-order valence-corrected chi connectivity index (χ3v) is 5.08. The van der Waals surface area contributed by atoms with Crippen LogP contribution >= 0.6 is 0 Å². The Balaban J connectivity index is 1.37. The van der Waals surface area contributed by atoms with Gasteiger partial charge in [0.25, 0.3) is 0 Å². The SMILES string of the molecule is O=C(Cc1ccccc1)Nc1cc(NCC(=O)N2CCc3ccccc32)ccc1F. The van der Waals surface area contributed by atoms with Gasteiger partial charge in [0.1, 0.15) is 5.82 Å². The van der Waals surface area contributed by atoms with Crippen LogP contribution in [-0.4, -0.2) is 24.9 Å². The molecule has 0 aliphatic carbocycles. The summed E-state index contributed by atoms with van der Waals surface area (Å²) < 4.78 is 14.2. The molecule has 3 aromatic rings. The molecule has 0 saturated heterocycles. The first kappa shape index (κ1) is 19.6. The summed E-state index contributed by atoms with van der Waals surface area (Å²) >= 11 is 0. The molecule has 0 bridgehead atoms. The van der Waals surface area contributed by atoms with Gasteiger partial charge in [-0.2, -0.15) is 0 Å². The first-order valence-electron chi connectivity index (χ1n) is 9.85. The highest BCUT2D eigenvalue weighted by atomic mass is 19.1. The summed E-state index contributed by atoms with van der Waals surface area (Å²) in [5, 5.41) is 5.64. The lowest BCUT2D eigenvalue weighted by Gasteiger charge is -2.18. The summed E-state index contributed by atoms with van der Waals surface area (Å²) in [4.78, 5) is 26.6. The minimum absolute atomic E-state index is 0.0565. The average molecular weight is 403 g/mol. The van der Waals surface area contributed by atoms with Crippen molar-refractivity contribution >= 4 is 28.9 Å². The zero-order valence-electron chi connectivity index (χ0n) is 16.4. The number of carbonyl (C=O) groups excluding carboxylic acids is 2. The largest absolute Gasteiger partial charge is 0.376 e. The number of carbonyl (C=O) groups is 2. The Morgan fingerprint density at radius 1 is 0.967 bits per heavy atom. The number of benzene rings is 3. The van der Waals surface area contributed by atoms with E-state index in [1.54, 1.807) is 11.0 Å². The predicted octanol–water partition coefficient (Wildman–Crippen LogP) is 4.01. The van der Waals surface area contributed by atoms with Gasteiger partial charge in [0.2, 0.25) is 11.8 Å². The monoisotopic (exact) mass is 403 g/mol. The molecular weight excluding hydrogens is 381 g/mol. The maximum atomic E-state index is 14.2. The number of anilines is 3. The van der Waals surface area contributed by atoms with Crippen LogP contribution in [0.2, 0.25) is 0 Å². The molecule has 2 amide bonds. The van der Waals surface area contributed by atoms with Crippen molar-refractivity contribution in [2.75, 3.05) is 28.6 Å². The van der Waals surface area contributed by atoms with Gasteiger partial charge in [0, 0.05) is 17.9 Å². The van der Waals surface area contributed by atoms with Crippen LogP contribution in [0, 0.1) is 5.82 Å². The molecule has 0 aromatic heterocycles. The molecule has 5 nitrogen and oxygen atoms in total. The number of halogens is 1. The second kappa shape index (κ2) is 8.78. The van der Waals surface area contributed by atoms with Crippen LogP contribution in [0.4, 0.5) is 21.5 Å². The Labute approximate surface area is 174 Å². The summed E-state index contributed by atoms with van der Waals surface area (Å²) in [7, 11) is 0. The van der Waals surface area contributed by atoms with Crippen LogP contribution in [0.3, 0.4) is 0 Å². The predicted molar refractivity (Wildman–Crippen MR) is 116 cm³/mol. The molecule has 4 rings (SSSR count). The highest BCUT2D eigenvalue weighted by Gasteiger charge is 2.23. The van der Waals surface area contributed by atoms with Gasteiger partial charge >= 0.3 is 0 Å². The Morgan fingerprint density at radius 2 is 1.73 bits per heavy atom. The summed E-state index contributed by atoms with van der Waals surface area (Å²) in [5.41, 5.74) is 3.60. The molecule has 1 aliphatic heterocycles. The van der Waals surface area contributed by atoms with E-state index >= 15 is 0 Å². The fourth-order valence-electron chi connectivity index (χ4n) is 3.58. The highest BCUT2D eigenvalue weighted by molar-refractivity contribution is 5.98. The molecule has 0 spiro atoms. The number of hydrogen-bond acceptors (Lipinski definition) is 3. The zero-order valence-corrected chi connectivity index (χ0v) is 16.4. The van der Waals surface area contributed by atoms with Crippen molar-refractivity contribution in [3.63, 3.8) is 0 Å². The Bertz CT molecular complexity index is 1070. The van der Waals surface area contributed by atoms with E-state index in [1.165, 1.54) is 12.1 Å². The molecule has 6 heteroatoms. The lowest BCUT2D eigenvalue weighted by molar-refractivity contribution is -0.117. The molecule has 0 atom stereocenters. The van der Waals surface area contributed by atoms with E-state index in [0.29, 0.717) is 12.2 Å². The van der Waals surface area contributed by atoms with E-state index in [0.717, 1.165) is 23.2 Å². The topological polar surface area (TPSA) is 61.4 Å². The Morgan fingerprint density at radius 3 is 2.57 bits per heavy atom. The van der Waals surface area contributed by atoms with E-state index in [4.69, 9.17) is 0 Å². The van der Waals surface area contributed by atoms with Crippen LogP contribution in [0.25, 0.3) is 0 Å². The van der Waals surface area contributed by atoms with E-state index in [9.17, 15) is 14.0 Å². The molecule has 0 radical (unpaired) electrons. The number of rotatable bonds is 6. The standard InChI is InChI=1S/C24H22FN3O2/c25-20-11-10-19(15-21(20)27-23(29)14-17-6-2-1-3-7-17)26-16-24(30)28-13-12-18-8-4-5-9-22(18)28/h1-11,15,26H,12-14,16H2,(H,27,29). The number of hydrogen-bond donors (Lipinski definition) is 2. The number of para-hydroxylation sites is 1. The van der Waals surface area contributed by atoms with E-state index in [-0.39, 0.29) is 30.5 Å². The molecule has 3 aromatic carbocycles. The molecule has 152 valence electrons. The molecule has 1 heterocycles. The van der Waals surface area contributed by atoms with Crippen LogP contribution in [0.15, 0.2) is 72.8 Å². The highest BCUT2D eigenvalue weighted by Crippen LogP contribution is 2.27. The van der Waals surface area contributed by atoms with Gasteiger partial charge in [-0.05, 0) is 41.8 Å². The smallest absolute Gasteiger partial charge is 0.246 e. The van der Waals surface area contributed by atoms with Gasteiger partial charge in [-0.1, -0.05) is 48.5 Å². The van der Waals surface area contributed by atoms with Gasteiger partial charge in [-0.3, -0.25) is 9.59 Å². The summed E-state index contributed by atoms with van der Waals surface area (Å²) in [5.74, 6) is -0.886. The maximum Gasteiger partial charge on any atom is 0.246 e. The van der Waals surface area contributed by atoms with Crippen molar-refractivity contribution in [3.05, 3.63) is 89.7 Å². The number of nitrogens with one attached hydrogen (secondary N) is 2. The van der Waals surface area contributed by atoms with Crippen LogP contribution < -0.4 is 15.5 Å². The van der Waals surface area contributed by atoms with Gasteiger partial charge in [-0.15, -0.1) is 0 Å². The average Bonchev–Trinajstić information content (AvgIpc) is 3.19. The molecular formula is C24H22FN3O2. The summed E-state index contributed by atoms with van der Waals surface area (Å²) in [6.07, 6.45) is 1.00. The van der Waals surface area contributed by atoms with Crippen molar-refractivity contribution in [1.29, 1.82) is 0 Å². The number of fused-ring (bicyclic) bond motifs is 1. The first-order valence-corrected chi connectivity index (χ1v) is 9.85. The normalized spacial score (nSPS) is 12.4. The lowest BCUT2D eigenvalue weighted by atomic mass is 10.1. The second-order valence-electron chi connectivity index (χ2n) is 7.18. The number of amides is 2. The third kappa shape index (κ3) is 4.49. The Kier molecular flexibility index (Phi) is 5.75. The van der Waals surface area contributed by atoms with Crippen molar-refractivity contribution in [3.8, 4) is 0 Å². The fraction of sp³-hybridized carbons (Fsp3) is 0.167. The third-order valence-electron chi connectivity index (χ3n) is 5.08. The Hall–Kier alpha value is -3.67. The van der Waals surface area contributed by atoms with Crippen molar-refractivity contribution in [2.45, 2.75) is 12.8 Å². The molecule has 0 unspecified atom stereocenters. The summed E-state index contributed by atoms with van der Waals surface area (Å²) in [6.45, 7) is 0.738. The van der Waals surface area contributed by atoms with Gasteiger partial charge in [0.15, 0.2) is 0 Å². The molecule has 1 aliphatic rings. The minimum Gasteiger partial charge on any atom is -0.376 e. The molecule has 30 heavy (non-hydrogen) atoms. The van der Waals surface area contributed by atoms with E-state index < -0.39 is 5.82 Å². The second-order valence-corrected chi connectivity index (χ2v) is 7.18. The van der Waals surface area contributed by atoms with Crippen LogP contribution in [0.1, 0.15) is 11.1 Å². The molecule has 0 saturated carbocycles. The fourth-order valence-corrected chi connectivity index (χ4v) is 3.58. The van der Waals surface area contributed by atoms with Gasteiger partial charge in [0.05, 0.1) is 18.7 Å². The quantitative estimate of drug-likeness (QED) is 0.654. The summed E-state index contributed by atoms with van der Waals surface area (Å²) in [6, 6.07) is 21.4. The zero-order chi connectivity index (χ0) is 20.9. The lowest BCUT2D eigenvalue weighted by Crippen LogP contribution is -2.34. The van der Waals surface area contributed by atoms with Crippen LogP contribution in [0.5, 0.6) is 0 Å². The van der Waals surface area contributed by atoms with Crippen molar-refractivity contribution in [1.82, 2.24) is 0 Å². The molecule has 2 N–H and O–H groups in total. The van der Waals surface area contributed by atoms with Crippen LogP contribution in [-0.2, 0) is 22.4 Å². The first-order chi connectivity index (χ1) is 14.6. The van der Waals surface area contributed by atoms with E-state index in [2.05, 4.69) is 10.6 Å². The van der Waals surface area contributed by atoms with Crippen molar-refractivity contribution < 1.29 is 14.0 Å². The van der Waals surface area contributed by atoms with Crippen molar-refractivity contribution in [2.24, 2.45) is 0 Å².